The van der Waals surface area contributed by atoms with Crippen molar-refractivity contribution in [3.63, 3.8) is 0 Å². The van der Waals surface area contributed by atoms with Gasteiger partial charge in [-0.25, -0.2) is 4.79 Å². The van der Waals surface area contributed by atoms with E-state index < -0.39 is 0 Å². The van der Waals surface area contributed by atoms with Gasteiger partial charge in [0.25, 0.3) is 0 Å². The molecule has 0 aliphatic rings. The van der Waals surface area contributed by atoms with Crippen LogP contribution < -0.4 is 0 Å². The van der Waals surface area contributed by atoms with Crippen molar-refractivity contribution >= 4 is 5.97 Å². The summed E-state index contributed by atoms with van der Waals surface area (Å²) in [6.07, 6.45) is 14.1. The van der Waals surface area contributed by atoms with Crippen LogP contribution in [0.15, 0.2) is 12.2 Å². The molecule has 142 valence electrons. The number of hydrogen-bond donors (Lipinski definition) is 0. The standard InChI is InChI=1S/C21H41NO2/c1-5-16-22(17-6-2)18-14-12-10-8-7-9-11-13-15-19-24-21(23)20(3)4/h3,5-19H2,1-2,4H3. The van der Waals surface area contributed by atoms with Crippen LogP contribution >= 0.6 is 0 Å². The number of ether oxygens (including phenoxy) is 1. The zero-order valence-corrected chi connectivity index (χ0v) is 16.6. The van der Waals surface area contributed by atoms with Crippen molar-refractivity contribution in [3.8, 4) is 0 Å². The number of esters is 1. The molecule has 0 aromatic carbocycles. The van der Waals surface area contributed by atoms with Crippen LogP contribution in [0, 0.1) is 0 Å². The van der Waals surface area contributed by atoms with Crippen molar-refractivity contribution in [3.05, 3.63) is 12.2 Å². The Bertz CT molecular complexity index is 309. The average Bonchev–Trinajstić information content (AvgIpc) is 2.55. The molecule has 0 atom stereocenters. The number of carbonyl (C=O) groups is 1. The summed E-state index contributed by atoms with van der Waals surface area (Å²) in [5.74, 6) is -0.258. The Balaban J connectivity index is 3.27. The lowest BCUT2D eigenvalue weighted by molar-refractivity contribution is -0.139. The fourth-order valence-corrected chi connectivity index (χ4v) is 2.93. The van der Waals surface area contributed by atoms with E-state index in [0.29, 0.717) is 12.2 Å². The molecule has 0 saturated heterocycles. The summed E-state index contributed by atoms with van der Waals surface area (Å²) in [6, 6.07) is 0. The highest BCUT2D eigenvalue weighted by Gasteiger charge is 2.02. The van der Waals surface area contributed by atoms with Gasteiger partial charge < -0.3 is 9.64 Å². The quantitative estimate of drug-likeness (QED) is 0.192. The first-order chi connectivity index (χ1) is 11.6. The SMILES string of the molecule is C=C(C)C(=O)OCCCCCCCCCCCN(CCC)CCC. The number of carbonyl (C=O) groups excluding carboxylic acids is 1. The molecule has 0 aliphatic carbocycles. The molecule has 0 rings (SSSR count). The third-order valence-electron chi connectivity index (χ3n) is 4.28. The van der Waals surface area contributed by atoms with E-state index in [1.54, 1.807) is 6.92 Å². The van der Waals surface area contributed by atoms with Gasteiger partial charge in [0.2, 0.25) is 0 Å². The topological polar surface area (TPSA) is 29.5 Å². The van der Waals surface area contributed by atoms with Crippen LogP contribution in [0.25, 0.3) is 0 Å². The number of nitrogens with zero attached hydrogens (tertiary/aromatic N) is 1. The molecule has 0 spiro atoms. The molecule has 0 heterocycles. The van der Waals surface area contributed by atoms with E-state index in [-0.39, 0.29) is 5.97 Å². The second-order valence-electron chi connectivity index (χ2n) is 6.94. The predicted octanol–water partition coefficient (Wildman–Crippen LogP) is 5.74. The maximum Gasteiger partial charge on any atom is 0.333 e. The largest absolute Gasteiger partial charge is 0.462 e. The molecular weight excluding hydrogens is 298 g/mol. The zero-order valence-electron chi connectivity index (χ0n) is 16.6. The monoisotopic (exact) mass is 339 g/mol. The fourth-order valence-electron chi connectivity index (χ4n) is 2.93. The lowest BCUT2D eigenvalue weighted by atomic mass is 10.1. The van der Waals surface area contributed by atoms with Crippen LogP contribution in [-0.2, 0) is 9.53 Å². The second-order valence-corrected chi connectivity index (χ2v) is 6.94. The van der Waals surface area contributed by atoms with Crippen LogP contribution in [0.2, 0.25) is 0 Å². The summed E-state index contributed by atoms with van der Waals surface area (Å²) in [4.78, 5) is 13.8. The van der Waals surface area contributed by atoms with Gasteiger partial charge in [-0.3, -0.25) is 0 Å². The maximum atomic E-state index is 11.2. The summed E-state index contributed by atoms with van der Waals surface area (Å²) in [6.45, 7) is 14.1. The first-order valence-electron chi connectivity index (χ1n) is 10.2. The third-order valence-corrected chi connectivity index (χ3v) is 4.28. The van der Waals surface area contributed by atoms with Crippen LogP contribution in [0.3, 0.4) is 0 Å². The third kappa shape index (κ3) is 14.7. The van der Waals surface area contributed by atoms with Crippen molar-refractivity contribution < 1.29 is 9.53 Å². The Hall–Kier alpha value is -0.830. The van der Waals surface area contributed by atoms with Crippen molar-refractivity contribution in [1.29, 1.82) is 0 Å². The highest BCUT2D eigenvalue weighted by molar-refractivity contribution is 5.86. The van der Waals surface area contributed by atoms with Crippen molar-refractivity contribution in [2.24, 2.45) is 0 Å². The molecule has 3 nitrogen and oxygen atoms in total. The number of unbranched alkanes of at least 4 members (excludes halogenated alkanes) is 8. The summed E-state index contributed by atoms with van der Waals surface area (Å²) < 4.78 is 5.09. The van der Waals surface area contributed by atoms with E-state index in [0.717, 1.165) is 12.8 Å². The molecule has 0 aromatic rings. The zero-order chi connectivity index (χ0) is 18.0. The van der Waals surface area contributed by atoms with Crippen LogP contribution in [0.4, 0.5) is 0 Å². The fraction of sp³-hybridized carbons (Fsp3) is 0.857. The Morgan fingerprint density at radius 2 is 1.25 bits per heavy atom. The first kappa shape index (κ1) is 23.2. The van der Waals surface area contributed by atoms with Gasteiger partial charge in [-0.15, -0.1) is 0 Å². The lowest BCUT2D eigenvalue weighted by Gasteiger charge is -2.20. The minimum absolute atomic E-state index is 0.258. The highest BCUT2D eigenvalue weighted by Crippen LogP contribution is 2.10. The van der Waals surface area contributed by atoms with Crippen molar-refractivity contribution in [2.75, 3.05) is 26.2 Å². The Labute approximate surface area is 150 Å². The van der Waals surface area contributed by atoms with Gasteiger partial charge in [0, 0.05) is 5.57 Å². The Morgan fingerprint density at radius 3 is 1.71 bits per heavy atom. The van der Waals surface area contributed by atoms with E-state index in [1.807, 2.05) is 0 Å². The Morgan fingerprint density at radius 1 is 0.792 bits per heavy atom. The number of hydrogen-bond acceptors (Lipinski definition) is 3. The van der Waals surface area contributed by atoms with Gasteiger partial charge in [0.05, 0.1) is 6.61 Å². The summed E-state index contributed by atoms with van der Waals surface area (Å²) in [5.41, 5.74) is 0.488. The van der Waals surface area contributed by atoms with E-state index >= 15 is 0 Å². The molecule has 0 bridgehead atoms. The van der Waals surface area contributed by atoms with Gasteiger partial charge in [0.15, 0.2) is 0 Å². The van der Waals surface area contributed by atoms with Crippen LogP contribution in [0.5, 0.6) is 0 Å². The summed E-state index contributed by atoms with van der Waals surface area (Å²) >= 11 is 0. The molecule has 0 unspecified atom stereocenters. The molecule has 0 aliphatic heterocycles. The Kier molecular flexibility index (Phi) is 16.4. The minimum atomic E-state index is -0.258. The summed E-state index contributed by atoms with van der Waals surface area (Å²) in [5, 5.41) is 0. The molecule has 0 amide bonds. The van der Waals surface area contributed by atoms with Gasteiger partial charge in [0.1, 0.15) is 0 Å². The molecule has 3 heteroatoms. The lowest BCUT2D eigenvalue weighted by Crippen LogP contribution is -2.26. The predicted molar refractivity (Wildman–Crippen MR) is 104 cm³/mol. The van der Waals surface area contributed by atoms with Crippen LogP contribution in [-0.4, -0.2) is 37.1 Å². The summed E-state index contributed by atoms with van der Waals surface area (Å²) in [7, 11) is 0. The van der Waals surface area contributed by atoms with Gasteiger partial charge in [-0.05, 0) is 52.2 Å². The normalized spacial score (nSPS) is 11.0. The smallest absolute Gasteiger partial charge is 0.333 e. The van der Waals surface area contributed by atoms with Gasteiger partial charge >= 0.3 is 5.97 Å². The van der Waals surface area contributed by atoms with Crippen molar-refractivity contribution in [2.45, 2.75) is 91.4 Å². The second kappa shape index (κ2) is 17.0. The molecular formula is C21H41NO2. The molecule has 0 aromatic heterocycles. The van der Waals surface area contributed by atoms with E-state index in [9.17, 15) is 4.79 Å². The van der Waals surface area contributed by atoms with Crippen LogP contribution in [0.1, 0.15) is 91.4 Å². The van der Waals surface area contributed by atoms with Gasteiger partial charge in [-0.2, -0.15) is 0 Å². The minimum Gasteiger partial charge on any atom is -0.462 e. The molecule has 0 radical (unpaired) electrons. The van der Waals surface area contributed by atoms with Crippen molar-refractivity contribution in [1.82, 2.24) is 4.90 Å². The number of rotatable bonds is 17. The van der Waals surface area contributed by atoms with E-state index in [4.69, 9.17) is 4.74 Å². The highest BCUT2D eigenvalue weighted by atomic mass is 16.5. The first-order valence-corrected chi connectivity index (χ1v) is 10.2. The molecule has 0 fully saturated rings. The van der Waals surface area contributed by atoms with Gasteiger partial charge in [-0.1, -0.05) is 65.4 Å². The maximum absolute atomic E-state index is 11.2. The molecule has 24 heavy (non-hydrogen) atoms. The van der Waals surface area contributed by atoms with E-state index in [2.05, 4.69) is 25.3 Å². The van der Waals surface area contributed by atoms with E-state index in [1.165, 1.54) is 77.4 Å². The average molecular weight is 340 g/mol. The molecule has 0 saturated carbocycles. The molecule has 0 N–H and O–H groups in total.